The van der Waals surface area contributed by atoms with E-state index in [-0.39, 0.29) is 0 Å². The van der Waals surface area contributed by atoms with Crippen molar-refractivity contribution in [3.8, 4) is 11.3 Å². The van der Waals surface area contributed by atoms with Gasteiger partial charge in [0.05, 0.1) is 11.9 Å². The van der Waals surface area contributed by atoms with Crippen LogP contribution in [-0.4, -0.2) is 23.1 Å². The molecule has 3 nitrogen and oxygen atoms in total. The summed E-state index contributed by atoms with van der Waals surface area (Å²) in [6, 6.07) is 9.16. The SMILES string of the molecule is CNC1CCC(c2ncc(-c3ccccc3C)[nH]2)CC1. The van der Waals surface area contributed by atoms with Crippen LogP contribution in [0.25, 0.3) is 11.3 Å². The van der Waals surface area contributed by atoms with Gasteiger partial charge in [-0.15, -0.1) is 0 Å². The number of rotatable bonds is 3. The van der Waals surface area contributed by atoms with Crippen molar-refractivity contribution < 1.29 is 0 Å². The van der Waals surface area contributed by atoms with Gasteiger partial charge in [0, 0.05) is 17.5 Å². The van der Waals surface area contributed by atoms with Gasteiger partial charge < -0.3 is 10.3 Å². The van der Waals surface area contributed by atoms with E-state index >= 15 is 0 Å². The first kappa shape index (κ1) is 13.4. The normalized spacial score (nSPS) is 22.9. The molecular formula is C17H23N3. The van der Waals surface area contributed by atoms with E-state index in [0.717, 1.165) is 11.5 Å². The van der Waals surface area contributed by atoms with Crippen molar-refractivity contribution in [3.63, 3.8) is 0 Å². The largest absolute Gasteiger partial charge is 0.342 e. The Kier molecular flexibility index (Phi) is 3.88. The zero-order valence-corrected chi connectivity index (χ0v) is 12.3. The molecule has 1 saturated carbocycles. The topological polar surface area (TPSA) is 40.7 Å². The third kappa shape index (κ3) is 2.63. The fourth-order valence-corrected chi connectivity index (χ4v) is 3.21. The zero-order valence-electron chi connectivity index (χ0n) is 12.3. The van der Waals surface area contributed by atoms with E-state index in [1.165, 1.54) is 36.8 Å². The number of nitrogens with zero attached hydrogens (tertiary/aromatic N) is 1. The van der Waals surface area contributed by atoms with E-state index in [0.29, 0.717) is 12.0 Å². The number of benzene rings is 1. The van der Waals surface area contributed by atoms with Crippen LogP contribution < -0.4 is 5.32 Å². The molecule has 1 aliphatic carbocycles. The molecule has 0 spiro atoms. The molecule has 1 fully saturated rings. The Bertz CT molecular complexity index is 565. The molecule has 0 saturated heterocycles. The lowest BCUT2D eigenvalue weighted by molar-refractivity contribution is 0.352. The summed E-state index contributed by atoms with van der Waals surface area (Å²) in [5.74, 6) is 1.76. The van der Waals surface area contributed by atoms with Crippen LogP contribution in [0, 0.1) is 6.92 Å². The summed E-state index contributed by atoms with van der Waals surface area (Å²) in [4.78, 5) is 8.17. The Labute approximate surface area is 120 Å². The molecule has 0 aliphatic heterocycles. The van der Waals surface area contributed by atoms with Crippen LogP contribution >= 0.6 is 0 Å². The molecule has 2 N–H and O–H groups in total. The van der Waals surface area contributed by atoms with Crippen molar-refractivity contribution >= 4 is 0 Å². The molecule has 0 unspecified atom stereocenters. The van der Waals surface area contributed by atoms with Gasteiger partial charge in [0.2, 0.25) is 0 Å². The number of aromatic nitrogens is 2. The summed E-state index contributed by atoms with van der Waals surface area (Å²) in [7, 11) is 2.06. The minimum absolute atomic E-state index is 0.595. The minimum atomic E-state index is 0.595. The second kappa shape index (κ2) is 5.80. The summed E-state index contributed by atoms with van der Waals surface area (Å²) < 4.78 is 0. The van der Waals surface area contributed by atoms with Gasteiger partial charge in [0.1, 0.15) is 5.82 Å². The third-order valence-corrected chi connectivity index (χ3v) is 4.55. The van der Waals surface area contributed by atoms with Crippen molar-refractivity contribution in [1.82, 2.24) is 15.3 Å². The first-order chi connectivity index (χ1) is 9.78. The smallest absolute Gasteiger partial charge is 0.109 e. The van der Waals surface area contributed by atoms with Gasteiger partial charge >= 0.3 is 0 Å². The van der Waals surface area contributed by atoms with Gasteiger partial charge in [-0.25, -0.2) is 4.98 Å². The summed E-state index contributed by atoms with van der Waals surface area (Å²) in [5.41, 5.74) is 3.70. The maximum Gasteiger partial charge on any atom is 0.109 e. The molecule has 2 aromatic rings. The van der Waals surface area contributed by atoms with Crippen molar-refractivity contribution in [1.29, 1.82) is 0 Å². The first-order valence-electron chi connectivity index (χ1n) is 7.56. The highest BCUT2D eigenvalue weighted by Crippen LogP contribution is 2.32. The number of imidazole rings is 1. The number of H-pyrrole nitrogens is 1. The molecule has 1 heterocycles. The summed E-state index contributed by atoms with van der Waals surface area (Å²) in [6.45, 7) is 2.15. The van der Waals surface area contributed by atoms with Crippen LogP contribution in [0.2, 0.25) is 0 Å². The molecule has 1 aromatic carbocycles. The van der Waals surface area contributed by atoms with Crippen LogP contribution in [0.3, 0.4) is 0 Å². The molecule has 1 aromatic heterocycles. The van der Waals surface area contributed by atoms with Crippen LogP contribution in [0.1, 0.15) is 43.0 Å². The lowest BCUT2D eigenvalue weighted by Crippen LogP contribution is -2.29. The van der Waals surface area contributed by atoms with Crippen molar-refractivity contribution in [2.24, 2.45) is 0 Å². The van der Waals surface area contributed by atoms with E-state index < -0.39 is 0 Å². The van der Waals surface area contributed by atoms with E-state index in [1.807, 2.05) is 6.20 Å². The van der Waals surface area contributed by atoms with Crippen LogP contribution in [0.4, 0.5) is 0 Å². The van der Waals surface area contributed by atoms with Gasteiger partial charge in [-0.2, -0.15) is 0 Å². The zero-order chi connectivity index (χ0) is 13.9. The van der Waals surface area contributed by atoms with Crippen LogP contribution in [0.15, 0.2) is 30.5 Å². The average molecular weight is 269 g/mol. The molecule has 3 rings (SSSR count). The quantitative estimate of drug-likeness (QED) is 0.893. The minimum Gasteiger partial charge on any atom is -0.342 e. The lowest BCUT2D eigenvalue weighted by Gasteiger charge is -2.26. The number of nitrogens with one attached hydrogen (secondary N) is 2. The Morgan fingerprint density at radius 1 is 1.15 bits per heavy atom. The lowest BCUT2D eigenvalue weighted by atomic mass is 9.85. The average Bonchev–Trinajstić information content (AvgIpc) is 2.97. The van der Waals surface area contributed by atoms with Crippen LogP contribution in [-0.2, 0) is 0 Å². The number of aryl methyl sites for hydroxylation is 1. The molecular weight excluding hydrogens is 246 g/mol. The second-order valence-electron chi connectivity index (χ2n) is 5.83. The van der Waals surface area contributed by atoms with Gasteiger partial charge in [-0.3, -0.25) is 0 Å². The van der Waals surface area contributed by atoms with Crippen molar-refractivity contribution in [2.75, 3.05) is 7.05 Å². The van der Waals surface area contributed by atoms with Gasteiger partial charge in [-0.05, 0) is 45.2 Å². The number of hydrogen-bond acceptors (Lipinski definition) is 2. The van der Waals surface area contributed by atoms with E-state index in [9.17, 15) is 0 Å². The molecule has 106 valence electrons. The third-order valence-electron chi connectivity index (χ3n) is 4.55. The Morgan fingerprint density at radius 3 is 2.60 bits per heavy atom. The second-order valence-corrected chi connectivity index (χ2v) is 5.83. The van der Waals surface area contributed by atoms with Gasteiger partial charge in [-0.1, -0.05) is 24.3 Å². The predicted molar refractivity (Wildman–Crippen MR) is 82.8 cm³/mol. The predicted octanol–water partition coefficient (Wildman–Crippen LogP) is 3.63. The Morgan fingerprint density at radius 2 is 1.90 bits per heavy atom. The molecule has 1 aliphatic rings. The maximum atomic E-state index is 4.63. The van der Waals surface area contributed by atoms with E-state index in [2.05, 4.69) is 53.5 Å². The molecule has 0 atom stereocenters. The highest BCUT2D eigenvalue weighted by atomic mass is 14.9. The standard InChI is InChI=1S/C17H23N3/c1-12-5-3-4-6-15(12)16-11-19-17(20-16)13-7-9-14(18-2)10-8-13/h3-6,11,13-14,18H,7-10H2,1-2H3,(H,19,20). The van der Waals surface area contributed by atoms with Gasteiger partial charge in [0.15, 0.2) is 0 Å². The Hall–Kier alpha value is -1.61. The van der Waals surface area contributed by atoms with Gasteiger partial charge in [0.25, 0.3) is 0 Å². The van der Waals surface area contributed by atoms with Crippen molar-refractivity contribution in [2.45, 2.75) is 44.6 Å². The monoisotopic (exact) mass is 269 g/mol. The molecule has 3 heteroatoms. The molecule has 0 amide bonds. The molecule has 0 bridgehead atoms. The van der Waals surface area contributed by atoms with E-state index in [4.69, 9.17) is 0 Å². The van der Waals surface area contributed by atoms with Crippen LogP contribution in [0.5, 0.6) is 0 Å². The van der Waals surface area contributed by atoms with E-state index in [1.54, 1.807) is 0 Å². The van der Waals surface area contributed by atoms with Crippen molar-refractivity contribution in [3.05, 3.63) is 41.9 Å². The fourth-order valence-electron chi connectivity index (χ4n) is 3.21. The highest BCUT2D eigenvalue weighted by Gasteiger charge is 2.23. The number of hydrogen-bond donors (Lipinski definition) is 2. The summed E-state index contributed by atoms with van der Waals surface area (Å²) in [5, 5.41) is 3.38. The summed E-state index contributed by atoms with van der Waals surface area (Å²) >= 11 is 0. The highest BCUT2D eigenvalue weighted by molar-refractivity contribution is 5.62. The maximum absolute atomic E-state index is 4.63. The molecule has 20 heavy (non-hydrogen) atoms. The first-order valence-corrected chi connectivity index (χ1v) is 7.56. The molecule has 0 radical (unpaired) electrons. The summed E-state index contributed by atoms with van der Waals surface area (Å²) in [6.07, 6.45) is 6.95. The number of aromatic amines is 1. The fraction of sp³-hybridized carbons (Fsp3) is 0.471. The Balaban J connectivity index is 1.76.